The van der Waals surface area contributed by atoms with Crippen molar-refractivity contribution in [1.82, 2.24) is 24.4 Å². The number of rotatable bonds is 11. The van der Waals surface area contributed by atoms with Gasteiger partial charge in [0.2, 0.25) is 10.0 Å². The summed E-state index contributed by atoms with van der Waals surface area (Å²) in [6.07, 6.45) is 3.39. The van der Waals surface area contributed by atoms with Crippen molar-refractivity contribution < 1.29 is 22.3 Å². The van der Waals surface area contributed by atoms with Crippen LogP contribution in [0.15, 0.2) is 60.0 Å². The average Bonchev–Trinajstić information content (AvgIpc) is 3.25. The van der Waals surface area contributed by atoms with Crippen LogP contribution in [0.3, 0.4) is 0 Å². The number of aromatic nitrogens is 3. The molecule has 0 fully saturated rings. The quantitative estimate of drug-likeness (QED) is 0.438. The van der Waals surface area contributed by atoms with Crippen LogP contribution in [0.5, 0.6) is 0 Å². The molecule has 8 nitrogen and oxygen atoms in total. The van der Waals surface area contributed by atoms with Crippen LogP contribution in [-0.2, 0) is 28.7 Å². The van der Waals surface area contributed by atoms with Crippen LogP contribution >= 0.6 is 0 Å². The van der Waals surface area contributed by atoms with Crippen LogP contribution in [0.2, 0.25) is 0 Å². The zero-order valence-electron chi connectivity index (χ0n) is 18.4. The normalized spacial score (nSPS) is 13.9. The van der Waals surface area contributed by atoms with Crippen LogP contribution < -0.4 is 4.72 Å². The molecule has 1 aromatic heterocycles. The Bertz CT molecular complexity index is 1160. The second-order valence-electron chi connectivity index (χ2n) is 7.96. The van der Waals surface area contributed by atoms with Gasteiger partial charge in [-0.15, -0.1) is 0 Å². The van der Waals surface area contributed by atoms with Crippen LogP contribution in [0.4, 0.5) is 8.78 Å². The Balaban J connectivity index is 1.78. The summed E-state index contributed by atoms with van der Waals surface area (Å²) in [7, 11) is -1.82. The third-order valence-electron chi connectivity index (χ3n) is 5.08. The lowest BCUT2D eigenvalue weighted by Gasteiger charge is -2.33. The van der Waals surface area contributed by atoms with E-state index < -0.39 is 27.3 Å². The molecule has 178 valence electrons. The van der Waals surface area contributed by atoms with Gasteiger partial charge in [0, 0.05) is 31.3 Å². The van der Waals surface area contributed by atoms with Crippen molar-refractivity contribution in [2.75, 3.05) is 20.1 Å². The van der Waals surface area contributed by atoms with Crippen molar-refractivity contribution in [3.8, 4) is 0 Å². The number of aliphatic hydroxyl groups is 1. The Morgan fingerprint density at radius 2 is 1.91 bits per heavy atom. The fourth-order valence-electron chi connectivity index (χ4n) is 3.58. The summed E-state index contributed by atoms with van der Waals surface area (Å²) in [4.78, 5) is 5.78. The zero-order chi connectivity index (χ0) is 24.1. The van der Waals surface area contributed by atoms with E-state index in [4.69, 9.17) is 0 Å². The number of sulfonamides is 1. The number of benzene rings is 2. The van der Waals surface area contributed by atoms with Crippen molar-refractivity contribution >= 4 is 10.0 Å². The summed E-state index contributed by atoms with van der Waals surface area (Å²) in [6.45, 7) is 2.49. The summed E-state index contributed by atoms with van der Waals surface area (Å²) in [5, 5.41) is 15.4. The van der Waals surface area contributed by atoms with Gasteiger partial charge in [-0.05, 0) is 37.2 Å². The number of hydrogen-bond acceptors (Lipinski definition) is 6. The van der Waals surface area contributed by atoms with Gasteiger partial charge >= 0.3 is 0 Å². The second kappa shape index (κ2) is 10.5. The topological polar surface area (TPSA) is 100 Å². The Morgan fingerprint density at radius 1 is 1.18 bits per heavy atom. The average molecular weight is 480 g/mol. The Hall–Kier alpha value is -2.73. The molecule has 11 heteroatoms. The number of likely N-dealkylation sites (N-methyl/N-ethyl adjacent to an activating group) is 1. The van der Waals surface area contributed by atoms with Gasteiger partial charge in [-0.1, -0.05) is 25.1 Å². The molecule has 0 bridgehead atoms. The van der Waals surface area contributed by atoms with E-state index in [-0.39, 0.29) is 23.5 Å². The predicted molar refractivity (Wildman–Crippen MR) is 119 cm³/mol. The minimum Gasteiger partial charge on any atom is -0.382 e. The molecule has 0 aliphatic carbocycles. The lowest BCUT2D eigenvalue weighted by molar-refractivity contribution is -0.0175. The maximum atomic E-state index is 14.6. The largest absolute Gasteiger partial charge is 0.382 e. The van der Waals surface area contributed by atoms with Gasteiger partial charge < -0.3 is 5.11 Å². The monoisotopic (exact) mass is 479 g/mol. The van der Waals surface area contributed by atoms with Crippen molar-refractivity contribution in [1.29, 1.82) is 0 Å². The van der Waals surface area contributed by atoms with Crippen LogP contribution in [0.25, 0.3) is 0 Å². The summed E-state index contributed by atoms with van der Waals surface area (Å²) < 4.78 is 56.4. The van der Waals surface area contributed by atoms with E-state index in [0.29, 0.717) is 19.5 Å². The fourth-order valence-corrected chi connectivity index (χ4v) is 4.71. The molecule has 0 aliphatic heterocycles. The van der Waals surface area contributed by atoms with Crippen LogP contribution in [-0.4, -0.2) is 53.3 Å². The Kier molecular flexibility index (Phi) is 7.90. The molecule has 0 radical (unpaired) electrons. The number of nitrogens with one attached hydrogen (secondary N) is 1. The molecular formula is C22H27F2N5O3S. The Labute approximate surface area is 191 Å². The van der Waals surface area contributed by atoms with Gasteiger partial charge in [0.1, 0.15) is 29.9 Å². The van der Waals surface area contributed by atoms with E-state index >= 15 is 0 Å². The standard InChI is InChI=1S/C22H27F2N5O3S/c1-3-10-27-33(31,32)19-7-4-17(5-8-19)12-28(2)13-22(30,14-29-16-25-15-26-29)20-9-6-18(23)11-21(20)24/h4-9,11,15-16,27,30H,3,10,12-14H2,1-2H3. The fraction of sp³-hybridized carbons (Fsp3) is 0.364. The molecule has 0 amide bonds. The number of hydrogen-bond donors (Lipinski definition) is 2. The summed E-state index contributed by atoms with van der Waals surface area (Å²) in [5.41, 5.74) is -0.988. The molecule has 3 aromatic rings. The molecular weight excluding hydrogens is 452 g/mol. The summed E-state index contributed by atoms with van der Waals surface area (Å²) >= 11 is 0. The molecule has 1 atom stereocenters. The predicted octanol–water partition coefficient (Wildman–Crippen LogP) is 2.26. The van der Waals surface area contributed by atoms with Crippen LogP contribution in [0.1, 0.15) is 24.5 Å². The zero-order valence-corrected chi connectivity index (χ0v) is 19.3. The van der Waals surface area contributed by atoms with Crippen molar-refractivity contribution in [2.24, 2.45) is 0 Å². The smallest absolute Gasteiger partial charge is 0.240 e. The van der Waals surface area contributed by atoms with E-state index in [1.807, 2.05) is 6.92 Å². The van der Waals surface area contributed by atoms with Gasteiger partial charge in [0.05, 0.1) is 11.4 Å². The minimum absolute atomic E-state index is 0.00643. The molecule has 0 saturated carbocycles. The highest BCUT2D eigenvalue weighted by atomic mass is 32.2. The third kappa shape index (κ3) is 6.41. The minimum atomic E-state index is -3.56. The highest BCUT2D eigenvalue weighted by Gasteiger charge is 2.35. The van der Waals surface area contributed by atoms with Crippen molar-refractivity contribution in [3.63, 3.8) is 0 Å². The summed E-state index contributed by atoms with van der Waals surface area (Å²) in [5.74, 6) is -1.60. The van der Waals surface area contributed by atoms with E-state index in [2.05, 4.69) is 14.8 Å². The van der Waals surface area contributed by atoms with Crippen LogP contribution in [0, 0.1) is 11.6 Å². The SMILES string of the molecule is CCCNS(=O)(=O)c1ccc(CN(C)CC(O)(Cn2cncn2)c2ccc(F)cc2F)cc1. The van der Waals surface area contributed by atoms with Gasteiger partial charge in [-0.2, -0.15) is 5.10 Å². The maximum absolute atomic E-state index is 14.6. The molecule has 2 N–H and O–H groups in total. The van der Waals surface area contributed by atoms with Crippen molar-refractivity contribution in [2.45, 2.75) is 36.9 Å². The molecule has 1 heterocycles. The molecule has 0 saturated heterocycles. The molecule has 2 aromatic carbocycles. The van der Waals surface area contributed by atoms with Crippen molar-refractivity contribution in [3.05, 3.63) is 77.9 Å². The maximum Gasteiger partial charge on any atom is 0.240 e. The Morgan fingerprint density at radius 3 is 2.52 bits per heavy atom. The van der Waals surface area contributed by atoms with E-state index in [9.17, 15) is 22.3 Å². The third-order valence-corrected chi connectivity index (χ3v) is 6.56. The molecule has 0 aliphatic rings. The first kappa shape index (κ1) is 24.9. The van der Waals surface area contributed by atoms with Gasteiger partial charge in [-0.3, -0.25) is 4.90 Å². The van der Waals surface area contributed by atoms with E-state index in [1.54, 1.807) is 24.1 Å². The van der Waals surface area contributed by atoms with Gasteiger partial charge in [0.15, 0.2) is 0 Å². The lowest BCUT2D eigenvalue weighted by atomic mass is 9.92. The lowest BCUT2D eigenvalue weighted by Crippen LogP contribution is -2.43. The van der Waals surface area contributed by atoms with E-state index in [1.165, 1.54) is 35.5 Å². The first-order chi connectivity index (χ1) is 15.6. The second-order valence-corrected chi connectivity index (χ2v) is 9.73. The first-order valence-corrected chi connectivity index (χ1v) is 11.9. The highest BCUT2D eigenvalue weighted by molar-refractivity contribution is 7.89. The molecule has 0 spiro atoms. The first-order valence-electron chi connectivity index (χ1n) is 10.4. The van der Waals surface area contributed by atoms with Gasteiger partial charge in [-0.25, -0.2) is 31.6 Å². The summed E-state index contributed by atoms with van der Waals surface area (Å²) in [6, 6.07) is 9.45. The van der Waals surface area contributed by atoms with E-state index in [0.717, 1.165) is 17.7 Å². The van der Waals surface area contributed by atoms with Gasteiger partial charge in [0.25, 0.3) is 0 Å². The number of nitrogens with zero attached hydrogens (tertiary/aromatic N) is 4. The number of halogens is 2. The molecule has 33 heavy (non-hydrogen) atoms. The molecule has 3 rings (SSSR count). The highest BCUT2D eigenvalue weighted by Crippen LogP contribution is 2.28. The molecule has 1 unspecified atom stereocenters.